The average Bonchev–Trinajstić information content (AvgIpc) is 2.20. The fourth-order valence-corrected chi connectivity index (χ4v) is 1.50. The topological polar surface area (TPSA) is 78.4 Å². The summed E-state index contributed by atoms with van der Waals surface area (Å²) in [7, 11) is 0. The second-order valence-electron chi connectivity index (χ2n) is 5.27. The van der Waals surface area contributed by atoms with Crippen LogP contribution in [0.2, 0.25) is 0 Å². The Labute approximate surface area is 103 Å². The highest BCUT2D eigenvalue weighted by Crippen LogP contribution is 2.19. The number of aliphatic carboxylic acids is 1. The average molecular weight is 244 g/mol. The van der Waals surface area contributed by atoms with Crippen molar-refractivity contribution in [2.75, 3.05) is 0 Å². The van der Waals surface area contributed by atoms with E-state index in [9.17, 15) is 9.59 Å². The van der Waals surface area contributed by atoms with Crippen molar-refractivity contribution in [2.24, 2.45) is 5.41 Å². The van der Waals surface area contributed by atoms with Crippen LogP contribution in [0, 0.1) is 5.41 Å². The van der Waals surface area contributed by atoms with E-state index in [1.165, 1.54) is 0 Å². The van der Waals surface area contributed by atoms with Gasteiger partial charge in [-0.25, -0.2) is 9.59 Å². The molecule has 1 unspecified atom stereocenters. The van der Waals surface area contributed by atoms with Gasteiger partial charge in [0.1, 0.15) is 6.04 Å². The Balaban J connectivity index is 4.48. The number of hydrogen-bond donors (Lipinski definition) is 3. The lowest BCUT2D eigenvalue weighted by Crippen LogP contribution is -2.53. The van der Waals surface area contributed by atoms with Crippen molar-refractivity contribution >= 4 is 12.0 Å². The molecule has 17 heavy (non-hydrogen) atoms. The fourth-order valence-electron chi connectivity index (χ4n) is 1.50. The molecule has 0 saturated heterocycles. The molecule has 2 amide bonds. The molecule has 0 aromatic heterocycles. The van der Waals surface area contributed by atoms with Crippen LogP contribution in [-0.2, 0) is 4.79 Å². The molecule has 0 saturated carbocycles. The molecule has 0 aliphatic heterocycles. The third kappa shape index (κ3) is 5.56. The van der Waals surface area contributed by atoms with Crippen LogP contribution in [0.5, 0.6) is 0 Å². The first kappa shape index (κ1) is 15.7. The number of carbonyl (C=O) groups is 2. The summed E-state index contributed by atoms with van der Waals surface area (Å²) in [5, 5.41) is 14.3. The Hall–Kier alpha value is -1.26. The number of hydrogen-bond acceptors (Lipinski definition) is 2. The van der Waals surface area contributed by atoms with Gasteiger partial charge in [0.15, 0.2) is 0 Å². The molecule has 0 aromatic rings. The maximum absolute atomic E-state index is 11.6. The maximum Gasteiger partial charge on any atom is 0.326 e. The van der Waals surface area contributed by atoms with Crippen LogP contribution in [0.15, 0.2) is 0 Å². The van der Waals surface area contributed by atoms with Gasteiger partial charge in [-0.15, -0.1) is 0 Å². The minimum Gasteiger partial charge on any atom is -0.480 e. The first-order valence-electron chi connectivity index (χ1n) is 6.02. The molecule has 0 heterocycles. The van der Waals surface area contributed by atoms with Gasteiger partial charge in [-0.05, 0) is 18.3 Å². The summed E-state index contributed by atoms with van der Waals surface area (Å²) in [6, 6.07) is -1.22. The molecule has 0 aromatic carbocycles. The van der Waals surface area contributed by atoms with Crippen LogP contribution in [0.25, 0.3) is 0 Å². The first-order valence-corrected chi connectivity index (χ1v) is 6.02. The number of urea groups is 1. The lowest BCUT2D eigenvalue weighted by atomic mass is 9.87. The van der Waals surface area contributed by atoms with E-state index in [0.29, 0.717) is 0 Å². The van der Waals surface area contributed by atoms with Gasteiger partial charge in [-0.3, -0.25) is 0 Å². The second-order valence-corrected chi connectivity index (χ2v) is 5.27. The number of nitrogens with one attached hydrogen (secondary N) is 2. The van der Waals surface area contributed by atoms with E-state index in [1.807, 2.05) is 13.8 Å². The minimum atomic E-state index is -1.02. The van der Waals surface area contributed by atoms with Gasteiger partial charge in [-0.2, -0.15) is 0 Å². The van der Waals surface area contributed by atoms with Crippen LogP contribution >= 0.6 is 0 Å². The maximum atomic E-state index is 11.6. The molecule has 5 nitrogen and oxygen atoms in total. The molecule has 0 fully saturated rings. The lowest BCUT2D eigenvalue weighted by Gasteiger charge is -2.28. The highest BCUT2D eigenvalue weighted by atomic mass is 16.4. The molecular formula is C12H24N2O3. The lowest BCUT2D eigenvalue weighted by molar-refractivity contribution is -0.141. The summed E-state index contributed by atoms with van der Waals surface area (Å²) in [6.07, 6.45) is 1.66. The van der Waals surface area contributed by atoms with Crippen molar-refractivity contribution in [2.45, 2.75) is 59.5 Å². The molecule has 0 aliphatic rings. The predicted molar refractivity (Wildman–Crippen MR) is 66.9 cm³/mol. The molecule has 100 valence electrons. The summed E-state index contributed by atoms with van der Waals surface area (Å²) >= 11 is 0. The number of carboxylic acids is 1. The molecule has 3 N–H and O–H groups in total. The van der Waals surface area contributed by atoms with Crippen LogP contribution in [0.1, 0.15) is 47.5 Å². The molecule has 0 bridgehead atoms. The highest BCUT2D eigenvalue weighted by molar-refractivity contribution is 5.83. The van der Waals surface area contributed by atoms with Crippen LogP contribution < -0.4 is 10.6 Å². The number of carboxylic acid groups (broad SMARTS) is 1. The molecule has 0 radical (unpaired) electrons. The van der Waals surface area contributed by atoms with Crippen LogP contribution in [0.4, 0.5) is 4.79 Å². The molecule has 0 spiro atoms. The summed E-state index contributed by atoms with van der Waals surface area (Å²) in [6.45, 7) is 9.30. The Morgan fingerprint density at radius 2 is 1.59 bits per heavy atom. The number of amides is 2. The Kier molecular flexibility index (Phi) is 5.99. The van der Waals surface area contributed by atoms with Crippen molar-refractivity contribution in [3.63, 3.8) is 0 Å². The van der Waals surface area contributed by atoms with E-state index in [0.717, 1.165) is 12.8 Å². The zero-order chi connectivity index (χ0) is 13.6. The van der Waals surface area contributed by atoms with Gasteiger partial charge in [0.2, 0.25) is 0 Å². The molecular weight excluding hydrogens is 220 g/mol. The van der Waals surface area contributed by atoms with Gasteiger partial charge in [0.25, 0.3) is 0 Å². The zero-order valence-corrected chi connectivity index (χ0v) is 11.3. The van der Waals surface area contributed by atoms with Gasteiger partial charge in [0, 0.05) is 6.04 Å². The normalized spacial score (nSPS) is 13.3. The largest absolute Gasteiger partial charge is 0.480 e. The van der Waals surface area contributed by atoms with Crippen molar-refractivity contribution in [3.05, 3.63) is 0 Å². The molecule has 0 rings (SSSR count). The summed E-state index contributed by atoms with van der Waals surface area (Å²) in [5.41, 5.74) is -0.517. The monoisotopic (exact) mass is 244 g/mol. The highest BCUT2D eigenvalue weighted by Gasteiger charge is 2.32. The first-order chi connectivity index (χ1) is 7.72. The van der Waals surface area contributed by atoms with Crippen LogP contribution in [-0.4, -0.2) is 29.2 Å². The second kappa shape index (κ2) is 6.47. The van der Waals surface area contributed by atoms with E-state index >= 15 is 0 Å². The summed E-state index contributed by atoms with van der Waals surface area (Å²) in [5.74, 6) is -1.02. The standard InChI is InChI=1S/C12H24N2O3/c1-6-8(7-2)13-11(17)14-9(10(15)16)12(3,4)5/h8-9H,6-7H2,1-5H3,(H,15,16)(H2,13,14,17). The zero-order valence-electron chi connectivity index (χ0n) is 11.3. The Morgan fingerprint density at radius 3 is 1.88 bits per heavy atom. The van der Waals surface area contributed by atoms with E-state index in [2.05, 4.69) is 10.6 Å². The minimum absolute atomic E-state index is 0.0874. The van der Waals surface area contributed by atoms with E-state index in [1.54, 1.807) is 20.8 Å². The van der Waals surface area contributed by atoms with Crippen molar-refractivity contribution in [3.8, 4) is 0 Å². The molecule has 5 heteroatoms. The predicted octanol–water partition coefficient (Wildman–Crippen LogP) is 1.97. The van der Waals surface area contributed by atoms with Crippen molar-refractivity contribution < 1.29 is 14.7 Å². The number of rotatable bonds is 5. The SMILES string of the molecule is CCC(CC)NC(=O)NC(C(=O)O)C(C)(C)C. The van der Waals surface area contributed by atoms with E-state index in [4.69, 9.17) is 5.11 Å². The number of carbonyl (C=O) groups excluding carboxylic acids is 1. The van der Waals surface area contributed by atoms with Gasteiger partial charge >= 0.3 is 12.0 Å². The molecule has 1 atom stereocenters. The Bertz CT molecular complexity index is 267. The van der Waals surface area contributed by atoms with Gasteiger partial charge in [-0.1, -0.05) is 34.6 Å². The molecule has 0 aliphatic carbocycles. The van der Waals surface area contributed by atoms with Crippen molar-refractivity contribution in [1.29, 1.82) is 0 Å². The summed E-state index contributed by atoms with van der Waals surface area (Å²) in [4.78, 5) is 22.7. The third-order valence-corrected chi connectivity index (χ3v) is 2.71. The van der Waals surface area contributed by atoms with Crippen LogP contribution in [0.3, 0.4) is 0 Å². The third-order valence-electron chi connectivity index (χ3n) is 2.71. The van der Waals surface area contributed by atoms with Gasteiger partial charge < -0.3 is 15.7 Å². The quantitative estimate of drug-likeness (QED) is 0.692. The van der Waals surface area contributed by atoms with Gasteiger partial charge in [0.05, 0.1) is 0 Å². The van der Waals surface area contributed by atoms with Crippen molar-refractivity contribution in [1.82, 2.24) is 10.6 Å². The smallest absolute Gasteiger partial charge is 0.326 e. The van der Waals surface area contributed by atoms with E-state index in [-0.39, 0.29) is 6.04 Å². The Morgan fingerprint density at radius 1 is 1.12 bits per heavy atom. The fraction of sp³-hybridized carbons (Fsp3) is 0.833. The van der Waals surface area contributed by atoms with E-state index < -0.39 is 23.5 Å². The summed E-state index contributed by atoms with van der Waals surface area (Å²) < 4.78 is 0.